The predicted molar refractivity (Wildman–Crippen MR) is 76.6 cm³/mol. The average molecular weight is 312 g/mol. The molecule has 1 aliphatic heterocycles. The van der Waals surface area contributed by atoms with Crippen molar-refractivity contribution in [1.82, 2.24) is 4.90 Å². The van der Waals surface area contributed by atoms with Gasteiger partial charge in [0.25, 0.3) is 5.69 Å². The Hall–Kier alpha value is -1.96. The number of nitro groups is 1. The average Bonchev–Trinajstić information content (AvgIpc) is 2.78. The van der Waals surface area contributed by atoms with Crippen LogP contribution in [-0.4, -0.2) is 48.7 Å². The Morgan fingerprint density at radius 3 is 2.48 bits per heavy atom. The predicted octanol–water partition coefficient (Wildman–Crippen LogP) is 0.783. The van der Waals surface area contributed by atoms with Crippen LogP contribution in [0.25, 0.3) is 0 Å². The minimum atomic E-state index is -3.03. The van der Waals surface area contributed by atoms with Crippen LogP contribution in [-0.2, 0) is 21.1 Å². The fourth-order valence-corrected chi connectivity index (χ4v) is 4.09. The van der Waals surface area contributed by atoms with Crippen molar-refractivity contribution >= 4 is 21.4 Å². The molecule has 7 nitrogen and oxygen atoms in total. The molecule has 8 heteroatoms. The summed E-state index contributed by atoms with van der Waals surface area (Å²) in [6.07, 6.45) is 0.565. The number of hydrogen-bond acceptors (Lipinski definition) is 5. The molecule has 1 aromatic rings. The molecule has 2 rings (SSSR count). The molecule has 0 N–H and O–H groups in total. The molecule has 0 spiro atoms. The van der Waals surface area contributed by atoms with Crippen molar-refractivity contribution in [3.05, 3.63) is 39.9 Å². The molecule has 0 aromatic heterocycles. The van der Waals surface area contributed by atoms with Crippen LogP contribution in [0, 0.1) is 10.1 Å². The highest BCUT2D eigenvalue weighted by Crippen LogP contribution is 2.18. The summed E-state index contributed by atoms with van der Waals surface area (Å²) < 4.78 is 22.9. The number of hydrogen-bond donors (Lipinski definition) is 0. The number of benzene rings is 1. The fraction of sp³-hybridized carbons (Fsp3) is 0.462. The molecule has 0 saturated carbocycles. The van der Waals surface area contributed by atoms with E-state index in [1.807, 2.05) is 0 Å². The zero-order chi connectivity index (χ0) is 15.6. The Morgan fingerprint density at radius 2 is 2.00 bits per heavy atom. The van der Waals surface area contributed by atoms with Gasteiger partial charge in [-0.2, -0.15) is 0 Å². The molecule has 1 aromatic carbocycles. The van der Waals surface area contributed by atoms with E-state index in [1.165, 1.54) is 29.2 Å². The number of likely N-dealkylation sites (N-methyl/N-ethyl adjacent to an activating group) is 1. The van der Waals surface area contributed by atoms with E-state index in [2.05, 4.69) is 0 Å². The van der Waals surface area contributed by atoms with Crippen LogP contribution >= 0.6 is 0 Å². The summed E-state index contributed by atoms with van der Waals surface area (Å²) in [6, 6.07) is 5.50. The van der Waals surface area contributed by atoms with Gasteiger partial charge in [-0.25, -0.2) is 8.42 Å². The Bertz CT molecular complexity index is 654. The van der Waals surface area contributed by atoms with Crippen LogP contribution in [0.5, 0.6) is 0 Å². The third-order valence-electron chi connectivity index (χ3n) is 3.65. The highest BCUT2D eigenvalue weighted by molar-refractivity contribution is 7.91. The van der Waals surface area contributed by atoms with Crippen molar-refractivity contribution in [2.45, 2.75) is 18.9 Å². The number of sulfone groups is 1. The van der Waals surface area contributed by atoms with E-state index in [0.717, 1.165) is 0 Å². The van der Waals surface area contributed by atoms with Crippen molar-refractivity contribution < 1.29 is 18.1 Å². The molecule has 1 atom stereocenters. The van der Waals surface area contributed by atoms with E-state index in [0.29, 0.717) is 12.0 Å². The molecule has 0 unspecified atom stereocenters. The molecule has 1 saturated heterocycles. The van der Waals surface area contributed by atoms with E-state index in [9.17, 15) is 23.3 Å². The molecule has 0 bridgehead atoms. The van der Waals surface area contributed by atoms with E-state index < -0.39 is 14.8 Å². The van der Waals surface area contributed by atoms with Gasteiger partial charge in [0.05, 0.1) is 22.8 Å². The van der Waals surface area contributed by atoms with Gasteiger partial charge in [0.15, 0.2) is 9.84 Å². The van der Waals surface area contributed by atoms with Gasteiger partial charge in [0.2, 0.25) is 5.91 Å². The van der Waals surface area contributed by atoms with Crippen LogP contribution in [0.1, 0.15) is 12.0 Å². The Labute approximate surface area is 122 Å². The monoisotopic (exact) mass is 312 g/mol. The van der Waals surface area contributed by atoms with E-state index >= 15 is 0 Å². The number of amides is 1. The molecule has 114 valence electrons. The standard InChI is InChI=1S/C13H16N2O5S/c1-14(12-6-7-21(19,20)9-12)13(16)8-10-2-4-11(5-3-10)15(17)18/h2-5,12H,6-9H2,1H3/t12-/m0/s1. The zero-order valence-electron chi connectivity index (χ0n) is 11.6. The number of non-ortho nitro benzene ring substituents is 1. The minimum absolute atomic E-state index is 0.00943. The summed E-state index contributed by atoms with van der Waals surface area (Å²) in [5, 5.41) is 10.6. The molecule has 0 radical (unpaired) electrons. The summed E-state index contributed by atoms with van der Waals surface area (Å²) in [7, 11) is -1.43. The second-order valence-corrected chi connectivity index (χ2v) is 7.39. The largest absolute Gasteiger partial charge is 0.341 e. The summed E-state index contributed by atoms with van der Waals surface area (Å²) in [5.74, 6) is -0.0616. The smallest absolute Gasteiger partial charge is 0.269 e. The maximum atomic E-state index is 12.1. The van der Waals surface area contributed by atoms with E-state index in [-0.39, 0.29) is 35.6 Å². The highest BCUT2D eigenvalue weighted by Gasteiger charge is 2.32. The number of nitro benzene ring substituents is 1. The number of rotatable bonds is 4. The lowest BCUT2D eigenvalue weighted by molar-refractivity contribution is -0.384. The number of nitrogens with zero attached hydrogens (tertiary/aromatic N) is 2. The van der Waals surface area contributed by atoms with Gasteiger partial charge in [-0.3, -0.25) is 14.9 Å². The first-order valence-corrected chi connectivity index (χ1v) is 8.30. The zero-order valence-corrected chi connectivity index (χ0v) is 12.4. The maximum absolute atomic E-state index is 12.1. The summed E-state index contributed by atoms with van der Waals surface area (Å²) in [4.78, 5) is 23.6. The van der Waals surface area contributed by atoms with Gasteiger partial charge >= 0.3 is 0 Å². The van der Waals surface area contributed by atoms with Crippen LogP contribution in [0.15, 0.2) is 24.3 Å². The first-order valence-electron chi connectivity index (χ1n) is 6.48. The van der Waals surface area contributed by atoms with Crippen molar-refractivity contribution in [2.75, 3.05) is 18.6 Å². The molecule has 0 aliphatic carbocycles. The first-order chi connectivity index (χ1) is 9.78. The van der Waals surface area contributed by atoms with Gasteiger partial charge in [-0.1, -0.05) is 12.1 Å². The fourth-order valence-electron chi connectivity index (χ4n) is 2.32. The molecule has 1 amide bonds. The Kier molecular flexibility index (Phi) is 4.26. The molecule has 1 aliphatic rings. The van der Waals surface area contributed by atoms with E-state index in [4.69, 9.17) is 0 Å². The summed E-state index contributed by atoms with van der Waals surface area (Å²) in [6.45, 7) is 0. The van der Waals surface area contributed by atoms with Crippen molar-refractivity contribution in [2.24, 2.45) is 0 Å². The maximum Gasteiger partial charge on any atom is 0.269 e. The van der Waals surface area contributed by atoms with Gasteiger partial charge in [-0.15, -0.1) is 0 Å². The lowest BCUT2D eigenvalue weighted by Gasteiger charge is -2.23. The normalized spacial score (nSPS) is 20.1. The lowest BCUT2D eigenvalue weighted by Crippen LogP contribution is -2.38. The minimum Gasteiger partial charge on any atom is -0.341 e. The first kappa shape index (κ1) is 15.4. The summed E-state index contributed by atoms with van der Waals surface area (Å²) in [5.41, 5.74) is 0.639. The molecular weight excluding hydrogens is 296 g/mol. The molecular formula is C13H16N2O5S. The number of carbonyl (C=O) groups is 1. The van der Waals surface area contributed by atoms with Gasteiger partial charge < -0.3 is 4.90 Å². The van der Waals surface area contributed by atoms with Gasteiger partial charge in [0, 0.05) is 25.2 Å². The van der Waals surface area contributed by atoms with Crippen molar-refractivity contribution in [1.29, 1.82) is 0 Å². The molecule has 1 fully saturated rings. The Balaban J connectivity index is 1.99. The highest BCUT2D eigenvalue weighted by atomic mass is 32.2. The second-order valence-electron chi connectivity index (χ2n) is 5.16. The van der Waals surface area contributed by atoms with E-state index in [1.54, 1.807) is 7.05 Å². The molecule has 1 heterocycles. The number of carbonyl (C=O) groups excluding carboxylic acids is 1. The van der Waals surface area contributed by atoms with Crippen molar-refractivity contribution in [3.63, 3.8) is 0 Å². The van der Waals surface area contributed by atoms with Crippen LogP contribution in [0.4, 0.5) is 5.69 Å². The topological polar surface area (TPSA) is 97.6 Å². The van der Waals surface area contributed by atoms with Gasteiger partial charge in [0.1, 0.15) is 0 Å². The summed E-state index contributed by atoms with van der Waals surface area (Å²) >= 11 is 0. The van der Waals surface area contributed by atoms with Crippen LogP contribution in [0.3, 0.4) is 0 Å². The third kappa shape index (κ3) is 3.78. The second kappa shape index (κ2) is 5.80. The van der Waals surface area contributed by atoms with Crippen molar-refractivity contribution in [3.8, 4) is 0 Å². The SMILES string of the molecule is CN(C(=O)Cc1ccc([N+](=O)[O-])cc1)[C@H]1CCS(=O)(=O)C1. The van der Waals surface area contributed by atoms with Crippen LogP contribution in [0.2, 0.25) is 0 Å². The third-order valence-corrected chi connectivity index (χ3v) is 5.40. The molecule has 21 heavy (non-hydrogen) atoms. The van der Waals surface area contributed by atoms with Gasteiger partial charge in [-0.05, 0) is 12.0 Å². The quantitative estimate of drug-likeness (QED) is 0.604. The Morgan fingerprint density at radius 1 is 1.38 bits per heavy atom. The van der Waals surface area contributed by atoms with Crippen LogP contribution < -0.4 is 0 Å². The lowest BCUT2D eigenvalue weighted by atomic mass is 10.1.